The third-order valence-electron chi connectivity index (χ3n) is 6.20. The maximum atomic E-state index is 10.3. The summed E-state index contributed by atoms with van der Waals surface area (Å²) in [5, 5.41) is 23.2. The van der Waals surface area contributed by atoms with Crippen LogP contribution in [0.25, 0.3) is 0 Å². The number of aliphatic hydroxyl groups is 2. The van der Waals surface area contributed by atoms with Crippen molar-refractivity contribution in [2.24, 2.45) is 0 Å². The smallest absolute Gasteiger partial charge is 0.122 e. The minimum absolute atomic E-state index is 0.152. The molecule has 0 spiro atoms. The number of ether oxygens (including phenoxy) is 2. The molecule has 0 aliphatic carbocycles. The number of aryl methyl sites for hydroxylation is 1. The van der Waals surface area contributed by atoms with Gasteiger partial charge in [0.25, 0.3) is 0 Å². The summed E-state index contributed by atoms with van der Waals surface area (Å²) in [5.41, 5.74) is 3.15. The first-order valence-corrected chi connectivity index (χ1v) is 12.2. The Labute approximate surface area is 202 Å². The molecule has 1 heterocycles. The van der Waals surface area contributed by atoms with Crippen LogP contribution in [0.15, 0.2) is 42.5 Å². The lowest BCUT2D eigenvalue weighted by molar-refractivity contribution is 0.0641. The molecular weight excluding hydrogens is 440 g/mol. The zero-order chi connectivity index (χ0) is 23.8. The van der Waals surface area contributed by atoms with Gasteiger partial charge >= 0.3 is 0 Å². The Hall–Kier alpha value is -1.83. The number of nitrogens with zero attached hydrogens (tertiary/aromatic N) is 1. The average Bonchev–Trinajstić information content (AvgIpc) is 2.82. The van der Waals surface area contributed by atoms with Crippen molar-refractivity contribution in [2.75, 3.05) is 51.8 Å². The quantitative estimate of drug-likeness (QED) is 0.433. The SMILES string of the molecule is Cc1cc(C(C)(C)c2ccc(OC[C@H](O)CN3CCNCC3)cc2)ccc1OC[C@@H](O)CCl. The molecular formula is C26H37ClN2O4. The fourth-order valence-electron chi connectivity index (χ4n) is 4.00. The monoisotopic (exact) mass is 476 g/mol. The molecule has 1 saturated heterocycles. The van der Waals surface area contributed by atoms with Gasteiger partial charge in [-0.15, -0.1) is 11.6 Å². The molecule has 2 atom stereocenters. The number of alkyl halides is 1. The normalized spacial score (nSPS) is 16.9. The van der Waals surface area contributed by atoms with E-state index in [9.17, 15) is 10.2 Å². The van der Waals surface area contributed by atoms with Crippen molar-refractivity contribution < 1.29 is 19.7 Å². The van der Waals surface area contributed by atoms with E-state index in [2.05, 4.69) is 48.3 Å². The highest BCUT2D eigenvalue weighted by Gasteiger charge is 2.24. The molecule has 2 aromatic carbocycles. The number of rotatable bonds is 11. The lowest BCUT2D eigenvalue weighted by atomic mass is 9.77. The topological polar surface area (TPSA) is 74.2 Å². The van der Waals surface area contributed by atoms with Crippen LogP contribution >= 0.6 is 11.6 Å². The number of hydrogen-bond donors (Lipinski definition) is 3. The predicted molar refractivity (Wildman–Crippen MR) is 133 cm³/mol. The molecule has 2 aromatic rings. The molecule has 0 bridgehead atoms. The van der Waals surface area contributed by atoms with Crippen LogP contribution in [0.4, 0.5) is 0 Å². The number of nitrogens with one attached hydrogen (secondary N) is 1. The lowest BCUT2D eigenvalue weighted by Crippen LogP contribution is -2.47. The van der Waals surface area contributed by atoms with Gasteiger partial charge < -0.3 is 25.0 Å². The Morgan fingerprint density at radius 2 is 1.61 bits per heavy atom. The zero-order valence-electron chi connectivity index (χ0n) is 19.9. The van der Waals surface area contributed by atoms with Gasteiger partial charge in [0.1, 0.15) is 36.9 Å². The minimum Gasteiger partial charge on any atom is -0.491 e. The highest BCUT2D eigenvalue weighted by atomic mass is 35.5. The van der Waals surface area contributed by atoms with Gasteiger partial charge in [-0.3, -0.25) is 4.90 Å². The molecule has 3 rings (SSSR count). The van der Waals surface area contributed by atoms with Gasteiger partial charge in [0.15, 0.2) is 0 Å². The minimum atomic E-state index is -0.675. The summed E-state index contributed by atoms with van der Waals surface area (Å²) in [4.78, 5) is 2.26. The fourth-order valence-corrected chi connectivity index (χ4v) is 4.09. The predicted octanol–water partition coefficient (Wildman–Crippen LogP) is 2.94. The Kier molecular flexibility index (Phi) is 9.41. The van der Waals surface area contributed by atoms with Gasteiger partial charge in [-0.2, -0.15) is 0 Å². The highest BCUT2D eigenvalue weighted by molar-refractivity contribution is 6.18. The molecule has 0 saturated carbocycles. The fraction of sp³-hybridized carbons (Fsp3) is 0.538. The van der Waals surface area contributed by atoms with Crippen molar-refractivity contribution in [3.8, 4) is 11.5 Å². The second kappa shape index (κ2) is 12.0. The van der Waals surface area contributed by atoms with E-state index in [1.54, 1.807) is 0 Å². The Morgan fingerprint density at radius 3 is 2.24 bits per heavy atom. The molecule has 7 heteroatoms. The van der Waals surface area contributed by atoms with Crippen LogP contribution in [-0.4, -0.2) is 79.1 Å². The summed E-state index contributed by atoms with van der Waals surface area (Å²) >= 11 is 5.64. The zero-order valence-corrected chi connectivity index (χ0v) is 20.6. The van der Waals surface area contributed by atoms with Crippen LogP contribution in [0, 0.1) is 6.92 Å². The maximum absolute atomic E-state index is 10.3. The molecule has 33 heavy (non-hydrogen) atoms. The van der Waals surface area contributed by atoms with Gasteiger partial charge in [-0.1, -0.05) is 38.1 Å². The van der Waals surface area contributed by atoms with Crippen molar-refractivity contribution >= 4 is 11.6 Å². The summed E-state index contributed by atoms with van der Waals surface area (Å²) in [6.45, 7) is 11.3. The molecule has 0 unspecified atom stereocenters. The van der Waals surface area contributed by atoms with Crippen molar-refractivity contribution in [2.45, 2.75) is 38.4 Å². The molecule has 0 aromatic heterocycles. The molecule has 1 fully saturated rings. The number of benzene rings is 2. The first-order valence-electron chi connectivity index (χ1n) is 11.6. The Bertz CT molecular complexity index is 869. The van der Waals surface area contributed by atoms with Crippen molar-refractivity contribution in [3.63, 3.8) is 0 Å². The summed E-state index contributed by atoms with van der Waals surface area (Å²) in [6.07, 6.45) is -1.18. The summed E-state index contributed by atoms with van der Waals surface area (Å²) in [5.74, 6) is 1.66. The van der Waals surface area contributed by atoms with Crippen LogP contribution in [0.1, 0.15) is 30.5 Å². The van der Waals surface area contributed by atoms with E-state index in [4.69, 9.17) is 21.1 Å². The molecule has 0 radical (unpaired) electrons. The number of halogens is 1. The van der Waals surface area contributed by atoms with Gasteiger partial charge in [-0.25, -0.2) is 0 Å². The number of piperazine rings is 1. The summed E-state index contributed by atoms with van der Waals surface area (Å²) < 4.78 is 11.5. The third kappa shape index (κ3) is 7.33. The molecule has 0 amide bonds. The maximum Gasteiger partial charge on any atom is 0.122 e. The van der Waals surface area contributed by atoms with Gasteiger partial charge in [0.05, 0.1) is 5.88 Å². The average molecular weight is 477 g/mol. The van der Waals surface area contributed by atoms with Crippen molar-refractivity contribution in [1.29, 1.82) is 0 Å². The number of aliphatic hydroxyl groups excluding tert-OH is 2. The van der Waals surface area contributed by atoms with Crippen LogP contribution in [0.5, 0.6) is 11.5 Å². The third-order valence-corrected chi connectivity index (χ3v) is 6.56. The van der Waals surface area contributed by atoms with Gasteiger partial charge in [0, 0.05) is 38.1 Å². The van der Waals surface area contributed by atoms with E-state index in [0.717, 1.165) is 43.2 Å². The van der Waals surface area contributed by atoms with E-state index >= 15 is 0 Å². The van der Waals surface area contributed by atoms with E-state index in [1.807, 2.05) is 25.1 Å². The summed E-state index contributed by atoms with van der Waals surface area (Å²) in [6, 6.07) is 14.2. The Morgan fingerprint density at radius 1 is 0.970 bits per heavy atom. The molecule has 182 valence electrons. The number of β-amino-alcohol motifs (C(OH)–C–C–N with tert-alkyl or cyclic N) is 1. The molecule has 1 aliphatic heterocycles. The highest BCUT2D eigenvalue weighted by Crippen LogP contribution is 2.34. The second-order valence-corrected chi connectivity index (χ2v) is 9.57. The van der Waals surface area contributed by atoms with E-state index < -0.39 is 12.2 Å². The summed E-state index contributed by atoms with van der Waals surface area (Å²) in [7, 11) is 0. The van der Waals surface area contributed by atoms with Gasteiger partial charge in [-0.05, 0) is 41.8 Å². The van der Waals surface area contributed by atoms with E-state index in [-0.39, 0.29) is 24.5 Å². The van der Waals surface area contributed by atoms with Crippen molar-refractivity contribution in [1.82, 2.24) is 10.2 Å². The van der Waals surface area contributed by atoms with Crippen LogP contribution in [0.2, 0.25) is 0 Å². The first kappa shape index (κ1) is 25.8. The molecule has 6 nitrogen and oxygen atoms in total. The largest absolute Gasteiger partial charge is 0.491 e. The van der Waals surface area contributed by atoms with E-state index in [0.29, 0.717) is 6.54 Å². The van der Waals surface area contributed by atoms with Gasteiger partial charge in [0.2, 0.25) is 0 Å². The first-order chi connectivity index (χ1) is 15.8. The Balaban J connectivity index is 1.57. The molecule has 1 aliphatic rings. The number of hydrogen-bond acceptors (Lipinski definition) is 6. The van der Waals surface area contributed by atoms with E-state index in [1.165, 1.54) is 11.1 Å². The lowest BCUT2D eigenvalue weighted by Gasteiger charge is -2.29. The molecule has 3 N–H and O–H groups in total. The van der Waals surface area contributed by atoms with Crippen LogP contribution < -0.4 is 14.8 Å². The second-order valence-electron chi connectivity index (χ2n) is 9.26. The van der Waals surface area contributed by atoms with Crippen LogP contribution in [-0.2, 0) is 5.41 Å². The standard InChI is InChI=1S/C26H37ClN2O4/c1-19-14-21(6-9-25(19)33-17-22(30)15-27)26(2,3)20-4-7-24(8-5-20)32-18-23(31)16-29-12-10-28-11-13-29/h4-9,14,22-23,28,30-31H,10-13,15-18H2,1-3H3/t22-,23+/m0/s1. The van der Waals surface area contributed by atoms with Crippen LogP contribution in [0.3, 0.4) is 0 Å². The van der Waals surface area contributed by atoms with Crippen molar-refractivity contribution in [3.05, 3.63) is 59.2 Å².